The largest absolute Gasteiger partial charge is 0.352 e. The third-order valence-corrected chi connectivity index (χ3v) is 6.15. The van der Waals surface area contributed by atoms with E-state index >= 15 is 0 Å². The molecule has 4 amide bonds. The van der Waals surface area contributed by atoms with E-state index < -0.39 is 11.6 Å². The molecule has 1 heterocycles. The number of amides is 4. The van der Waals surface area contributed by atoms with Gasteiger partial charge in [0.1, 0.15) is 12.1 Å². The van der Waals surface area contributed by atoms with E-state index in [9.17, 15) is 14.4 Å². The van der Waals surface area contributed by atoms with Crippen LogP contribution in [0, 0.1) is 11.3 Å². The van der Waals surface area contributed by atoms with E-state index in [1.807, 2.05) is 0 Å². The van der Waals surface area contributed by atoms with Gasteiger partial charge in [0.15, 0.2) is 0 Å². The van der Waals surface area contributed by atoms with Crippen LogP contribution >= 0.6 is 0 Å². The Labute approximate surface area is 156 Å². The summed E-state index contributed by atoms with van der Waals surface area (Å²) in [5.41, 5.74) is -0.833. The van der Waals surface area contributed by atoms with Gasteiger partial charge < -0.3 is 10.6 Å². The number of imide groups is 1. The number of carbonyl (C=O) groups excluding carboxylic acids is 3. The molecule has 0 bridgehead atoms. The molecule has 3 fully saturated rings. The first kappa shape index (κ1) is 19.2. The first-order chi connectivity index (χ1) is 12.2. The van der Waals surface area contributed by atoms with Crippen molar-refractivity contribution in [2.75, 3.05) is 6.54 Å². The van der Waals surface area contributed by atoms with Crippen molar-refractivity contribution >= 4 is 17.8 Å². The standard InChI is InChI=1S/C20H33N3O3/c1-14-10-19(2,3)13-20(11-14)17(25)23(18(26)22-20)12-16(24)21-15-8-6-4-5-7-9-15/h14-15H,4-13H2,1-3H3,(H,21,24)(H,22,26)/t14-,20+/m1/s1. The zero-order valence-electron chi connectivity index (χ0n) is 16.4. The van der Waals surface area contributed by atoms with Crippen molar-refractivity contribution in [3.63, 3.8) is 0 Å². The van der Waals surface area contributed by atoms with E-state index in [0.29, 0.717) is 18.8 Å². The van der Waals surface area contributed by atoms with Gasteiger partial charge in [0.2, 0.25) is 5.91 Å². The number of hydrogen-bond acceptors (Lipinski definition) is 3. The molecule has 2 aliphatic carbocycles. The molecular formula is C20H33N3O3. The molecular weight excluding hydrogens is 330 g/mol. The van der Waals surface area contributed by atoms with Gasteiger partial charge in [0, 0.05) is 6.04 Å². The summed E-state index contributed by atoms with van der Waals surface area (Å²) in [6, 6.07) is -0.246. The molecule has 1 saturated heterocycles. The van der Waals surface area contributed by atoms with Crippen molar-refractivity contribution in [3.8, 4) is 0 Å². The zero-order valence-corrected chi connectivity index (χ0v) is 16.4. The van der Waals surface area contributed by atoms with E-state index in [2.05, 4.69) is 31.4 Å². The molecule has 2 atom stereocenters. The van der Waals surface area contributed by atoms with Crippen LogP contribution in [-0.4, -0.2) is 40.9 Å². The summed E-state index contributed by atoms with van der Waals surface area (Å²) < 4.78 is 0. The van der Waals surface area contributed by atoms with E-state index in [0.717, 1.165) is 37.0 Å². The van der Waals surface area contributed by atoms with Crippen LogP contribution in [0.2, 0.25) is 0 Å². The highest BCUT2D eigenvalue weighted by molar-refractivity contribution is 6.09. The van der Waals surface area contributed by atoms with Crippen molar-refractivity contribution in [3.05, 3.63) is 0 Å². The Balaban J connectivity index is 1.64. The van der Waals surface area contributed by atoms with Gasteiger partial charge in [0.05, 0.1) is 0 Å². The van der Waals surface area contributed by atoms with Crippen LogP contribution < -0.4 is 10.6 Å². The number of nitrogens with one attached hydrogen (secondary N) is 2. The fourth-order valence-electron chi connectivity index (χ4n) is 5.49. The summed E-state index contributed by atoms with van der Waals surface area (Å²) in [5, 5.41) is 5.96. The number of urea groups is 1. The summed E-state index contributed by atoms with van der Waals surface area (Å²) in [6.07, 6.45) is 9.00. The smallest absolute Gasteiger partial charge is 0.325 e. The Morgan fingerprint density at radius 3 is 2.42 bits per heavy atom. The van der Waals surface area contributed by atoms with Crippen LogP contribution in [0.25, 0.3) is 0 Å². The van der Waals surface area contributed by atoms with Gasteiger partial charge in [-0.25, -0.2) is 4.79 Å². The quantitative estimate of drug-likeness (QED) is 0.598. The van der Waals surface area contributed by atoms with Crippen molar-refractivity contribution < 1.29 is 14.4 Å². The molecule has 146 valence electrons. The van der Waals surface area contributed by atoms with E-state index in [-0.39, 0.29) is 29.8 Å². The molecule has 6 heteroatoms. The third kappa shape index (κ3) is 4.04. The first-order valence-corrected chi connectivity index (χ1v) is 10.1. The van der Waals surface area contributed by atoms with Crippen LogP contribution in [0.4, 0.5) is 4.79 Å². The van der Waals surface area contributed by atoms with E-state index in [1.165, 1.54) is 12.8 Å². The fraction of sp³-hybridized carbons (Fsp3) is 0.850. The molecule has 6 nitrogen and oxygen atoms in total. The maximum atomic E-state index is 13.1. The predicted octanol–water partition coefficient (Wildman–Crippen LogP) is 2.96. The Morgan fingerprint density at radius 2 is 1.81 bits per heavy atom. The molecule has 3 aliphatic rings. The summed E-state index contributed by atoms with van der Waals surface area (Å²) in [5.74, 6) is -0.0820. The maximum absolute atomic E-state index is 13.1. The van der Waals surface area contributed by atoms with Gasteiger partial charge in [-0.3, -0.25) is 14.5 Å². The monoisotopic (exact) mass is 363 g/mol. The fourth-order valence-corrected chi connectivity index (χ4v) is 5.49. The van der Waals surface area contributed by atoms with Gasteiger partial charge >= 0.3 is 6.03 Å². The Morgan fingerprint density at radius 1 is 1.15 bits per heavy atom. The summed E-state index contributed by atoms with van der Waals surface area (Å²) >= 11 is 0. The van der Waals surface area contributed by atoms with Crippen molar-refractivity contribution in [1.82, 2.24) is 15.5 Å². The molecule has 26 heavy (non-hydrogen) atoms. The Bertz CT molecular complexity index is 581. The molecule has 0 aromatic carbocycles. The highest BCUT2D eigenvalue weighted by Gasteiger charge is 2.56. The lowest BCUT2D eigenvalue weighted by Gasteiger charge is -2.43. The topological polar surface area (TPSA) is 78.5 Å². The maximum Gasteiger partial charge on any atom is 0.325 e. The lowest BCUT2D eigenvalue weighted by atomic mass is 9.64. The highest BCUT2D eigenvalue weighted by Crippen LogP contribution is 2.46. The highest BCUT2D eigenvalue weighted by atomic mass is 16.2. The molecule has 2 saturated carbocycles. The molecule has 2 N–H and O–H groups in total. The number of hydrogen-bond donors (Lipinski definition) is 2. The minimum Gasteiger partial charge on any atom is -0.352 e. The molecule has 0 unspecified atom stereocenters. The van der Waals surface area contributed by atoms with Gasteiger partial charge in [-0.2, -0.15) is 0 Å². The van der Waals surface area contributed by atoms with Crippen LogP contribution in [0.15, 0.2) is 0 Å². The molecule has 1 spiro atoms. The van der Waals surface area contributed by atoms with Gasteiger partial charge in [0.25, 0.3) is 5.91 Å². The number of nitrogens with zero attached hydrogens (tertiary/aromatic N) is 1. The summed E-state index contributed by atoms with van der Waals surface area (Å²) in [4.78, 5) is 39.1. The molecule has 1 aliphatic heterocycles. The lowest BCUT2D eigenvalue weighted by molar-refractivity contribution is -0.137. The Hall–Kier alpha value is -1.59. The molecule has 0 radical (unpaired) electrons. The van der Waals surface area contributed by atoms with E-state index in [4.69, 9.17) is 0 Å². The van der Waals surface area contributed by atoms with Crippen molar-refractivity contribution in [1.29, 1.82) is 0 Å². The second kappa shape index (κ2) is 7.20. The molecule has 3 rings (SSSR count). The average Bonchev–Trinajstić information content (AvgIpc) is 2.72. The van der Waals surface area contributed by atoms with Gasteiger partial charge in [-0.05, 0) is 43.4 Å². The second-order valence-electron chi connectivity index (χ2n) is 9.51. The molecule has 0 aromatic heterocycles. The predicted molar refractivity (Wildman–Crippen MR) is 99.4 cm³/mol. The van der Waals surface area contributed by atoms with E-state index in [1.54, 1.807) is 0 Å². The molecule has 0 aromatic rings. The van der Waals surface area contributed by atoms with Crippen molar-refractivity contribution in [2.24, 2.45) is 11.3 Å². The van der Waals surface area contributed by atoms with Gasteiger partial charge in [-0.15, -0.1) is 0 Å². The van der Waals surface area contributed by atoms with Crippen LogP contribution in [0.5, 0.6) is 0 Å². The zero-order chi connectivity index (χ0) is 18.9. The minimum atomic E-state index is -0.832. The second-order valence-corrected chi connectivity index (χ2v) is 9.51. The normalized spacial score (nSPS) is 32.4. The number of rotatable bonds is 3. The van der Waals surface area contributed by atoms with Crippen LogP contribution in [0.1, 0.15) is 78.6 Å². The first-order valence-electron chi connectivity index (χ1n) is 10.1. The SMILES string of the molecule is C[C@@H]1CC(C)(C)C[C@]2(C1)NC(=O)N(CC(=O)NC1CCCCCC1)C2=O. The summed E-state index contributed by atoms with van der Waals surface area (Å²) in [7, 11) is 0. The minimum absolute atomic E-state index is 0.000771. The lowest BCUT2D eigenvalue weighted by Crippen LogP contribution is -2.54. The van der Waals surface area contributed by atoms with Crippen molar-refractivity contribution in [2.45, 2.75) is 90.1 Å². The Kier molecular flexibility index (Phi) is 5.31. The summed E-state index contributed by atoms with van der Waals surface area (Å²) in [6.45, 7) is 6.25. The number of carbonyl (C=O) groups is 3. The third-order valence-electron chi connectivity index (χ3n) is 6.15. The van der Waals surface area contributed by atoms with Gasteiger partial charge in [-0.1, -0.05) is 46.5 Å². The van der Waals surface area contributed by atoms with Crippen LogP contribution in [0.3, 0.4) is 0 Å². The average molecular weight is 364 g/mol. The van der Waals surface area contributed by atoms with Crippen LogP contribution in [-0.2, 0) is 9.59 Å².